The molecule has 1 aliphatic heterocycles. The second kappa shape index (κ2) is 8.93. The van der Waals surface area contributed by atoms with Crippen LogP contribution in [0.5, 0.6) is 0 Å². The van der Waals surface area contributed by atoms with E-state index in [1.54, 1.807) is 23.1 Å². The van der Waals surface area contributed by atoms with Crippen LogP contribution >= 0.6 is 23.1 Å². The minimum atomic E-state index is -0.0544. The fourth-order valence-electron chi connectivity index (χ4n) is 4.65. The van der Waals surface area contributed by atoms with Gasteiger partial charge in [0.25, 0.3) is 0 Å². The van der Waals surface area contributed by atoms with E-state index in [2.05, 4.69) is 82.2 Å². The SMILES string of the molecule is CSc1ccc([C@H]2c3[nH]c4ccccc4c3CCN2C(=O)CCCc2cccs2)cc1. The number of aromatic amines is 1. The van der Waals surface area contributed by atoms with Crippen LogP contribution in [0, 0.1) is 0 Å². The fourth-order valence-corrected chi connectivity index (χ4v) is 5.81. The van der Waals surface area contributed by atoms with Crippen molar-refractivity contribution < 1.29 is 4.79 Å². The number of nitrogens with zero attached hydrogens (tertiary/aromatic N) is 1. The van der Waals surface area contributed by atoms with Crippen molar-refractivity contribution in [3.8, 4) is 0 Å². The number of thiophene rings is 1. The Labute approximate surface area is 191 Å². The van der Waals surface area contributed by atoms with Crippen LogP contribution in [0.25, 0.3) is 10.9 Å². The molecule has 3 nitrogen and oxygen atoms in total. The van der Waals surface area contributed by atoms with Crippen molar-refractivity contribution in [2.24, 2.45) is 0 Å². The van der Waals surface area contributed by atoms with Gasteiger partial charge in [-0.1, -0.05) is 36.4 Å². The van der Waals surface area contributed by atoms with Gasteiger partial charge in [-0.2, -0.15) is 0 Å². The van der Waals surface area contributed by atoms with Crippen LogP contribution in [0.15, 0.2) is 70.9 Å². The van der Waals surface area contributed by atoms with E-state index in [-0.39, 0.29) is 11.9 Å². The first kappa shape index (κ1) is 20.4. The van der Waals surface area contributed by atoms with Crippen LogP contribution < -0.4 is 0 Å². The van der Waals surface area contributed by atoms with Gasteiger partial charge in [0, 0.05) is 39.3 Å². The monoisotopic (exact) mass is 446 g/mol. The van der Waals surface area contributed by atoms with Crippen molar-refractivity contribution in [3.63, 3.8) is 0 Å². The van der Waals surface area contributed by atoms with E-state index in [4.69, 9.17) is 0 Å². The van der Waals surface area contributed by atoms with E-state index >= 15 is 0 Å². The molecule has 158 valence electrons. The van der Waals surface area contributed by atoms with Crippen LogP contribution in [0.3, 0.4) is 0 Å². The molecule has 2 aromatic heterocycles. The molecule has 1 aliphatic rings. The molecule has 3 heterocycles. The Morgan fingerprint density at radius 3 is 2.74 bits per heavy atom. The zero-order valence-electron chi connectivity index (χ0n) is 17.6. The topological polar surface area (TPSA) is 36.1 Å². The van der Waals surface area contributed by atoms with Gasteiger partial charge in [-0.25, -0.2) is 0 Å². The number of fused-ring (bicyclic) bond motifs is 3. The number of H-pyrrole nitrogens is 1. The van der Waals surface area contributed by atoms with E-state index in [1.807, 2.05) is 0 Å². The molecule has 5 heteroatoms. The van der Waals surface area contributed by atoms with E-state index in [9.17, 15) is 4.79 Å². The van der Waals surface area contributed by atoms with Gasteiger partial charge < -0.3 is 9.88 Å². The molecule has 0 unspecified atom stereocenters. The molecule has 5 rings (SSSR count). The molecule has 0 spiro atoms. The maximum atomic E-state index is 13.4. The lowest BCUT2D eigenvalue weighted by atomic mass is 9.92. The lowest BCUT2D eigenvalue weighted by Crippen LogP contribution is -2.40. The second-order valence-electron chi connectivity index (χ2n) is 8.01. The largest absolute Gasteiger partial charge is 0.356 e. The molecule has 31 heavy (non-hydrogen) atoms. The minimum Gasteiger partial charge on any atom is -0.356 e. The van der Waals surface area contributed by atoms with Crippen molar-refractivity contribution in [2.45, 2.75) is 36.6 Å². The molecular formula is C26H26N2OS2. The lowest BCUT2D eigenvalue weighted by molar-refractivity contribution is -0.133. The van der Waals surface area contributed by atoms with Gasteiger partial charge in [0.05, 0.1) is 6.04 Å². The molecule has 0 fully saturated rings. The van der Waals surface area contributed by atoms with Crippen molar-refractivity contribution in [3.05, 3.63) is 87.7 Å². The summed E-state index contributed by atoms with van der Waals surface area (Å²) < 4.78 is 0. The third kappa shape index (κ3) is 4.04. The number of carbonyl (C=O) groups is 1. The van der Waals surface area contributed by atoms with Crippen LogP contribution in [-0.4, -0.2) is 28.6 Å². The zero-order valence-corrected chi connectivity index (χ0v) is 19.3. The summed E-state index contributed by atoms with van der Waals surface area (Å²) in [6.07, 6.45) is 5.45. The average Bonchev–Trinajstić information content (AvgIpc) is 3.46. The Kier molecular flexibility index (Phi) is 5.88. The molecule has 0 aliphatic carbocycles. The van der Waals surface area contributed by atoms with Gasteiger partial charge in [0.15, 0.2) is 0 Å². The van der Waals surface area contributed by atoms with Gasteiger partial charge >= 0.3 is 0 Å². The van der Waals surface area contributed by atoms with Gasteiger partial charge in [-0.05, 0) is 66.3 Å². The van der Waals surface area contributed by atoms with Crippen molar-refractivity contribution in [1.82, 2.24) is 9.88 Å². The molecule has 1 amide bonds. The number of para-hydroxylation sites is 1. The normalized spacial score (nSPS) is 15.9. The molecule has 0 radical (unpaired) electrons. The maximum Gasteiger partial charge on any atom is 0.223 e. The van der Waals surface area contributed by atoms with Crippen molar-refractivity contribution >= 4 is 39.9 Å². The van der Waals surface area contributed by atoms with Gasteiger partial charge in [0.2, 0.25) is 5.91 Å². The summed E-state index contributed by atoms with van der Waals surface area (Å²) in [5.74, 6) is 0.250. The Bertz CT molecular complexity index is 1180. The summed E-state index contributed by atoms with van der Waals surface area (Å²) in [7, 11) is 0. The predicted octanol–water partition coefficient (Wildman–Crippen LogP) is 6.45. The highest BCUT2D eigenvalue weighted by Crippen LogP contribution is 2.39. The molecule has 0 saturated heterocycles. The Morgan fingerprint density at radius 2 is 1.97 bits per heavy atom. The Balaban J connectivity index is 1.46. The fraction of sp³-hybridized carbons (Fsp3) is 0.269. The summed E-state index contributed by atoms with van der Waals surface area (Å²) in [4.78, 5) is 21.7. The van der Waals surface area contributed by atoms with Gasteiger partial charge in [-0.3, -0.25) is 4.79 Å². The molecule has 4 aromatic rings. The average molecular weight is 447 g/mol. The Morgan fingerprint density at radius 1 is 1.13 bits per heavy atom. The number of aryl methyl sites for hydroxylation is 1. The third-order valence-corrected chi connectivity index (χ3v) is 7.86. The summed E-state index contributed by atoms with van der Waals surface area (Å²) in [6.45, 7) is 0.766. The molecule has 0 bridgehead atoms. The maximum absolute atomic E-state index is 13.4. The summed E-state index contributed by atoms with van der Waals surface area (Å²) in [5, 5.41) is 3.39. The number of benzene rings is 2. The Hall–Kier alpha value is -2.50. The van der Waals surface area contributed by atoms with Crippen molar-refractivity contribution in [1.29, 1.82) is 0 Å². The number of carbonyl (C=O) groups excluding carboxylic acids is 1. The molecular weight excluding hydrogens is 420 g/mol. The van der Waals surface area contributed by atoms with Crippen molar-refractivity contribution in [2.75, 3.05) is 12.8 Å². The van der Waals surface area contributed by atoms with E-state index in [0.29, 0.717) is 6.42 Å². The second-order valence-corrected chi connectivity index (χ2v) is 9.92. The number of rotatable bonds is 6. The number of hydrogen-bond donors (Lipinski definition) is 1. The number of thioether (sulfide) groups is 1. The van der Waals surface area contributed by atoms with E-state index in [0.717, 1.165) is 31.3 Å². The summed E-state index contributed by atoms with van der Waals surface area (Å²) >= 11 is 3.52. The summed E-state index contributed by atoms with van der Waals surface area (Å²) in [5.41, 5.74) is 4.87. The highest BCUT2D eigenvalue weighted by molar-refractivity contribution is 7.98. The lowest BCUT2D eigenvalue weighted by Gasteiger charge is -2.36. The van der Waals surface area contributed by atoms with Crippen LogP contribution in [0.2, 0.25) is 0 Å². The smallest absolute Gasteiger partial charge is 0.223 e. The highest BCUT2D eigenvalue weighted by Gasteiger charge is 2.34. The number of hydrogen-bond acceptors (Lipinski definition) is 3. The quantitative estimate of drug-likeness (QED) is 0.346. The highest BCUT2D eigenvalue weighted by atomic mass is 32.2. The first-order valence-electron chi connectivity index (χ1n) is 10.8. The molecule has 1 N–H and O–H groups in total. The minimum absolute atomic E-state index is 0.0544. The standard InChI is InChI=1S/C26H26N2OS2/c1-30-19-13-11-18(12-14-19)26-25-22(21-8-2-3-9-23(21)27-25)15-16-28(26)24(29)10-4-6-20-7-5-17-31-20/h2-3,5,7-9,11-14,17,26-27H,4,6,10,15-16H2,1H3/t26-/m0/s1. The van der Waals surface area contributed by atoms with Crippen LogP contribution in [0.4, 0.5) is 0 Å². The summed E-state index contributed by atoms with van der Waals surface area (Å²) in [6, 6.07) is 21.4. The van der Waals surface area contributed by atoms with E-state index in [1.165, 1.54) is 32.0 Å². The van der Waals surface area contributed by atoms with Gasteiger partial charge in [-0.15, -0.1) is 23.1 Å². The molecule has 1 atom stereocenters. The van der Waals surface area contributed by atoms with Gasteiger partial charge in [0.1, 0.15) is 0 Å². The first-order chi connectivity index (χ1) is 15.2. The number of amides is 1. The number of aromatic nitrogens is 1. The predicted molar refractivity (Wildman–Crippen MR) is 131 cm³/mol. The first-order valence-corrected chi connectivity index (χ1v) is 12.9. The zero-order chi connectivity index (χ0) is 21.2. The van der Waals surface area contributed by atoms with E-state index < -0.39 is 0 Å². The number of nitrogens with one attached hydrogen (secondary N) is 1. The van der Waals surface area contributed by atoms with Crippen LogP contribution in [0.1, 0.15) is 40.6 Å². The molecule has 2 aromatic carbocycles. The van der Waals surface area contributed by atoms with Crippen LogP contribution in [-0.2, 0) is 17.6 Å². The third-order valence-electron chi connectivity index (χ3n) is 6.18. The molecule has 0 saturated carbocycles.